The van der Waals surface area contributed by atoms with Gasteiger partial charge in [-0.3, -0.25) is 14.9 Å². The van der Waals surface area contributed by atoms with Crippen molar-refractivity contribution in [3.63, 3.8) is 0 Å². The number of hydrogen-bond acceptors (Lipinski definition) is 5. The van der Waals surface area contributed by atoms with E-state index < -0.39 is 4.92 Å². The summed E-state index contributed by atoms with van der Waals surface area (Å²) in [5, 5.41) is 10.4. The van der Waals surface area contributed by atoms with Gasteiger partial charge in [0.2, 0.25) is 5.12 Å². The molecule has 2 rings (SSSR count). The summed E-state index contributed by atoms with van der Waals surface area (Å²) in [5.74, 6) is 0.740. The number of rotatable bonds is 5. The van der Waals surface area contributed by atoms with Crippen molar-refractivity contribution in [2.24, 2.45) is 0 Å². The summed E-state index contributed by atoms with van der Waals surface area (Å²) in [7, 11) is 2.60. The van der Waals surface area contributed by atoms with Crippen molar-refractivity contribution in [3.05, 3.63) is 75.8 Å². The van der Waals surface area contributed by atoms with Gasteiger partial charge in [-0.2, -0.15) is 0 Å². The lowest BCUT2D eigenvalue weighted by atomic mass is 10.2. The molecule has 0 unspecified atom stereocenters. The van der Waals surface area contributed by atoms with Crippen LogP contribution >= 0.6 is 21.6 Å². The first kappa shape index (κ1) is 14.6. The summed E-state index contributed by atoms with van der Waals surface area (Å²) in [6.07, 6.45) is 0. The first-order chi connectivity index (χ1) is 9.66. The molecule has 0 aliphatic rings. The SMILES string of the molecule is O=C(SSCc1ccccc1)c1ccc([N+](=O)[O-])cc1. The summed E-state index contributed by atoms with van der Waals surface area (Å²) >= 11 is 0. The van der Waals surface area contributed by atoms with Gasteiger partial charge < -0.3 is 0 Å². The second-order valence-electron chi connectivity index (χ2n) is 3.92. The maximum Gasteiger partial charge on any atom is 0.269 e. The van der Waals surface area contributed by atoms with Crippen LogP contribution in [0.1, 0.15) is 15.9 Å². The Morgan fingerprint density at radius 3 is 2.30 bits per heavy atom. The average Bonchev–Trinajstić information content (AvgIpc) is 2.48. The molecule has 0 bridgehead atoms. The molecule has 0 fully saturated rings. The average molecular weight is 305 g/mol. The second kappa shape index (κ2) is 7.12. The molecular formula is C14H11NO3S2. The minimum atomic E-state index is -0.481. The molecule has 2 aromatic carbocycles. The molecule has 0 aliphatic heterocycles. The van der Waals surface area contributed by atoms with Crippen LogP contribution in [0.25, 0.3) is 0 Å². The van der Waals surface area contributed by atoms with E-state index in [-0.39, 0.29) is 10.8 Å². The highest BCUT2D eigenvalue weighted by Crippen LogP contribution is 2.29. The number of carbonyl (C=O) groups excluding carboxylic acids is 1. The van der Waals surface area contributed by atoms with Gasteiger partial charge in [-0.1, -0.05) is 41.1 Å². The van der Waals surface area contributed by atoms with Crippen molar-refractivity contribution in [3.8, 4) is 0 Å². The molecule has 0 aliphatic carbocycles. The summed E-state index contributed by atoms with van der Waals surface area (Å²) in [6, 6.07) is 15.5. The van der Waals surface area contributed by atoms with E-state index in [9.17, 15) is 14.9 Å². The van der Waals surface area contributed by atoms with Crippen LogP contribution < -0.4 is 0 Å². The summed E-state index contributed by atoms with van der Waals surface area (Å²) in [5.41, 5.74) is 1.62. The largest absolute Gasteiger partial charge is 0.281 e. The Hall–Kier alpha value is -1.79. The third kappa shape index (κ3) is 4.11. The van der Waals surface area contributed by atoms with Crippen molar-refractivity contribution >= 4 is 32.4 Å². The van der Waals surface area contributed by atoms with Crippen LogP contribution in [-0.4, -0.2) is 10.0 Å². The molecule has 102 valence electrons. The van der Waals surface area contributed by atoms with Crippen molar-refractivity contribution in [2.75, 3.05) is 0 Å². The summed E-state index contributed by atoms with van der Waals surface area (Å²) < 4.78 is 0. The monoisotopic (exact) mass is 305 g/mol. The van der Waals surface area contributed by atoms with Crippen LogP contribution in [0, 0.1) is 10.1 Å². The Labute approximate surface area is 124 Å². The van der Waals surface area contributed by atoms with Crippen molar-refractivity contribution in [2.45, 2.75) is 5.75 Å². The highest BCUT2D eigenvalue weighted by atomic mass is 33.1. The van der Waals surface area contributed by atoms with Crippen LogP contribution in [-0.2, 0) is 5.75 Å². The molecule has 6 heteroatoms. The molecule has 0 saturated carbocycles. The van der Waals surface area contributed by atoms with E-state index in [0.29, 0.717) is 5.56 Å². The van der Waals surface area contributed by atoms with Gasteiger partial charge in [-0.05, 0) is 28.5 Å². The number of nitro benzene ring substituents is 1. The van der Waals surface area contributed by atoms with E-state index in [1.54, 1.807) is 0 Å². The second-order valence-corrected chi connectivity index (χ2v) is 6.19. The normalized spacial score (nSPS) is 10.2. The standard InChI is InChI=1S/C14H11NO3S2/c16-14(12-6-8-13(9-7-12)15(17)18)20-19-10-11-4-2-1-3-5-11/h1-9H,10H2. The third-order valence-corrected chi connectivity index (χ3v) is 4.63. The van der Waals surface area contributed by atoms with Crippen molar-refractivity contribution in [1.29, 1.82) is 0 Å². The predicted molar refractivity (Wildman–Crippen MR) is 82.8 cm³/mol. The molecule has 0 radical (unpaired) electrons. The molecule has 0 aromatic heterocycles. The van der Waals surface area contributed by atoms with Gasteiger partial charge in [0.25, 0.3) is 5.69 Å². The zero-order valence-corrected chi connectivity index (χ0v) is 12.0. The van der Waals surface area contributed by atoms with Crippen LogP contribution in [0.3, 0.4) is 0 Å². The molecule has 0 saturated heterocycles. The molecule has 0 spiro atoms. The Kier molecular flexibility index (Phi) is 5.20. The number of benzene rings is 2. The van der Waals surface area contributed by atoms with Crippen LogP contribution in [0.2, 0.25) is 0 Å². The molecule has 0 heterocycles. The van der Waals surface area contributed by atoms with E-state index in [1.807, 2.05) is 30.3 Å². The van der Waals surface area contributed by atoms with Gasteiger partial charge in [0, 0.05) is 23.4 Å². The zero-order valence-electron chi connectivity index (χ0n) is 10.4. The Bertz CT molecular complexity index is 600. The maximum absolute atomic E-state index is 11.9. The highest BCUT2D eigenvalue weighted by Gasteiger charge is 2.10. The number of nitrogens with zero attached hydrogens (tertiary/aromatic N) is 1. The highest BCUT2D eigenvalue weighted by molar-refractivity contribution is 8.82. The minimum Gasteiger partial charge on any atom is -0.281 e. The van der Waals surface area contributed by atoms with Crippen LogP contribution in [0.5, 0.6) is 0 Å². The van der Waals surface area contributed by atoms with Crippen LogP contribution in [0.4, 0.5) is 5.69 Å². The number of carbonyl (C=O) groups is 1. The quantitative estimate of drug-likeness (QED) is 0.468. The number of hydrogen-bond donors (Lipinski definition) is 0. The van der Waals surface area contributed by atoms with Gasteiger partial charge >= 0.3 is 0 Å². The van der Waals surface area contributed by atoms with E-state index in [4.69, 9.17) is 0 Å². The third-order valence-electron chi connectivity index (χ3n) is 2.52. The summed E-state index contributed by atoms with van der Waals surface area (Å²) in [6.45, 7) is 0. The van der Waals surface area contributed by atoms with E-state index >= 15 is 0 Å². The molecular weight excluding hydrogens is 294 g/mol. The Balaban J connectivity index is 1.87. The lowest BCUT2D eigenvalue weighted by Crippen LogP contribution is -1.93. The first-order valence-electron chi connectivity index (χ1n) is 5.79. The van der Waals surface area contributed by atoms with Crippen molar-refractivity contribution < 1.29 is 9.72 Å². The topological polar surface area (TPSA) is 60.2 Å². The zero-order chi connectivity index (χ0) is 14.4. The Morgan fingerprint density at radius 2 is 1.70 bits per heavy atom. The molecule has 20 heavy (non-hydrogen) atoms. The maximum atomic E-state index is 11.9. The molecule has 2 aromatic rings. The predicted octanol–water partition coefficient (Wildman–Crippen LogP) is 4.32. The van der Waals surface area contributed by atoms with E-state index in [1.165, 1.54) is 35.1 Å². The van der Waals surface area contributed by atoms with E-state index in [0.717, 1.165) is 22.1 Å². The molecule has 0 amide bonds. The fraction of sp³-hybridized carbons (Fsp3) is 0.0714. The van der Waals surface area contributed by atoms with Crippen LogP contribution in [0.15, 0.2) is 54.6 Å². The van der Waals surface area contributed by atoms with Crippen molar-refractivity contribution in [1.82, 2.24) is 0 Å². The first-order valence-corrected chi connectivity index (χ1v) is 8.11. The van der Waals surface area contributed by atoms with Gasteiger partial charge in [0.05, 0.1) is 4.92 Å². The number of non-ortho nitro benzene ring substituents is 1. The molecule has 0 N–H and O–H groups in total. The molecule has 0 atom stereocenters. The van der Waals surface area contributed by atoms with Gasteiger partial charge in [0.15, 0.2) is 0 Å². The van der Waals surface area contributed by atoms with Gasteiger partial charge in [-0.15, -0.1) is 0 Å². The Morgan fingerprint density at radius 1 is 1.05 bits per heavy atom. The minimum absolute atomic E-state index is 0.0107. The smallest absolute Gasteiger partial charge is 0.269 e. The number of nitro groups is 1. The lowest BCUT2D eigenvalue weighted by Gasteiger charge is -2.01. The fourth-order valence-electron chi connectivity index (χ4n) is 1.49. The fourth-order valence-corrected chi connectivity index (χ4v) is 3.41. The van der Waals surface area contributed by atoms with E-state index in [2.05, 4.69) is 0 Å². The lowest BCUT2D eigenvalue weighted by molar-refractivity contribution is -0.384. The van der Waals surface area contributed by atoms with Gasteiger partial charge in [-0.25, -0.2) is 0 Å². The van der Waals surface area contributed by atoms with Gasteiger partial charge in [0.1, 0.15) is 0 Å². The summed E-state index contributed by atoms with van der Waals surface area (Å²) in [4.78, 5) is 21.9. The molecule has 4 nitrogen and oxygen atoms in total.